The second-order valence-corrected chi connectivity index (χ2v) is 8.22. The van der Waals surface area contributed by atoms with Gasteiger partial charge < -0.3 is 0 Å². The average molecular weight is 393 g/mol. The predicted octanol–water partition coefficient (Wildman–Crippen LogP) is 3.51. The number of nitrogens with zero attached hydrogens (tertiary/aromatic N) is 6. The van der Waals surface area contributed by atoms with E-state index in [0.717, 1.165) is 51.4 Å². The summed E-state index contributed by atoms with van der Waals surface area (Å²) in [5.41, 5.74) is 1.29. The van der Waals surface area contributed by atoms with E-state index in [1.165, 1.54) is 5.56 Å². The van der Waals surface area contributed by atoms with Crippen LogP contribution in [-0.4, -0.2) is 56.2 Å². The minimum Gasteiger partial charge on any atom is -0.297 e. The predicted molar refractivity (Wildman–Crippen MR) is 111 cm³/mol. The lowest BCUT2D eigenvalue weighted by Gasteiger charge is -2.39. The molecule has 0 amide bonds. The molecule has 1 aliphatic rings. The Labute approximate surface area is 169 Å². The van der Waals surface area contributed by atoms with Crippen molar-refractivity contribution in [3.8, 4) is 0 Å². The van der Waals surface area contributed by atoms with Crippen LogP contribution in [0.5, 0.6) is 0 Å². The molecule has 150 valence electrons. The maximum Gasteiger partial charge on any atom is 0.168 e. The number of hydrogen-bond donors (Lipinski definition) is 0. The van der Waals surface area contributed by atoms with E-state index >= 15 is 0 Å². The van der Waals surface area contributed by atoms with Crippen LogP contribution in [0.4, 0.5) is 0 Å². The highest BCUT2D eigenvalue weighted by Gasteiger charge is 2.31. The van der Waals surface area contributed by atoms with Crippen molar-refractivity contribution in [2.24, 2.45) is 0 Å². The molecule has 0 saturated carbocycles. The van der Waals surface area contributed by atoms with Crippen molar-refractivity contribution in [2.45, 2.75) is 58.7 Å². The first-order chi connectivity index (χ1) is 12.5. The second kappa shape index (κ2) is 9.62. The van der Waals surface area contributed by atoms with Gasteiger partial charge in [0.25, 0.3) is 0 Å². The van der Waals surface area contributed by atoms with Crippen LogP contribution in [0.25, 0.3) is 0 Å². The van der Waals surface area contributed by atoms with Gasteiger partial charge in [-0.3, -0.25) is 9.80 Å². The van der Waals surface area contributed by atoms with E-state index in [4.69, 9.17) is 0 Å². The Balaban J connectivity index is 0.00000261. The standard InChI is InChI=1S/C20H32N6.ClH/c1-5-9-18(19-21-22-23-26(19)20(2,3)4)25-14-12-24(13-15-25)16-17-10-7-6-8-11-17;/h6-8,10-11,18H,5,9,12-16H2,1-4H3;1H. The van der Waals surface area contributed by atoms with Gasteiger partial charge in [-0.2, -0.15) is 0 Å². The zero-order valence-corrected chi connectivity index (χ0v) is 17.8. The minimum absolute atomic E-state index is 0. The summed E-state index contributed by atoms with van der Waals surface area (Å²) in [5, 5.41) is 12.7. The normalized spacial score (nSPS) is 17.5. The molecule has 0 N–H and O–H groups in total. The van der Waals surface area contributed by atoms with Gasteiger partial charge in [0.05, 0.1) is 11.6 Å². The number of hydrogen-bond acceptors (Lipinski definition) is 5. The summed E-state index contributed by atoms with van der Waals surface area (Å²) in [5.74, 6) is 1.01. The third-order valence-electron chi connectivity index (χ3n) is 5.09. The molecule has 6 nitrogen and oxygen atoms in total. The zero-order valence-electron chi connectivity index (χ0n) is 17.0. The van der Waals surface area contributed by atoms with E-state index < -0.39 is 0 Å². The van der Waals surface area contributed by atoms with Gasteiger partial charge in [-0.1, -0.05) is 43.7 Å². The molecule has 2 aromatic rings. The first kappa shape index (κ1) is 21.8. The lowest BCUT2D eigenvalue weighted by molar-refractivity contribution is 0.0795. The molecule has 1 fully saturated rings. The number of halogens is 1. The van der Waals surface area contributed by atoms with E-state index in [0.29, 0.717) is 6.04 Å². The fraction of sp³-hybridized carbons (Fsp3) is 0.650. The quantitative estimate of drug-likeness (QED) is 0.752. The third kappa shape index (κ3) is 5.50. The number of rotatable bonds is 6. The molecule has 2 heterocycles. The molecule has 27 heavy (non-hydrogen) atoms. The van der Waals surface area contributed by atoms with Crippen LogP contribution in [0.3, 0.4) is 0 Å². The van der Waals surface area contributed by atoms with Gasteiger partial charge in [0, 0.05) is 32.7 Å². The van der Waals surface area contributed by atoms with Crippen LogP contribution in [0, 0.1) is 0 Å². The van der Waals surface area contributed by atoms with E-state index in [-0.39, 0.29) is 17.9 Å². The molecule has 1 aliphatic heterocycles. The van der Waals surface area contributed by atoms with Gasteiger partial charge in [-0.25, -0.2) is 4.68 Å². The Kier molecular flexibility index (Phi) is 7.77. The van der Waals surface area contributed by atoms with Crippen LogP contribution in [-0.2, 0) is 12.1 Å². The number of tetrazole rings is 1. The highest BCUT2D eigenvalue weighted by molar-refractivity contribution is 5.85. The molecular weight excluding hydrogens is 360 g/mol. The van der Waals surface area contributed by atoms with E-state index in [1.54, 1.807) is 0 Å². The summed E-state index contributed by atoms with van der Waals surface area (Å²) in [4.78, 5) is 5.11. The number of benzene rings is 1. The van der Waals surface area contributed by atoms with E-state index in [2.05, 4.69) is 83.4 Å². The molecule has 1 unspecified atom stereocenters. The smallest absolute Gasteiger partial charge is 0.168 e. The first-order valence-corrected chi connectivity index (χ1v) is 9.78. The topological polar surface area (TPSA) is 50.1 Å². The third-order valence-corrected chi connectivity index (χ3v) is 5.09. The van der Waals surface area contributed by atoms with Gasteiger partial charge >= 0.3 is 0 Å². The molecule has 3 rings (SSSR count). The Bertz CT molecular complexity index is 673. The van der Waals surface area contributed by atoms with E-state index in [9.17, 15) is 0 Å². The Hall–Kier alpha value is -1.50. The summed E-state index contributed by atoms with van der Waals surface area (Å²) >= 11 is 0. The first-order valence-electron chi connectivity index (χ1n) is 9.78. The zero-order chi connectivity index (χ0) is 18.6. The van der Waals surface area contributed by atoms with Crippen LogP contribution in [0.1, 0.15) is 58.0 Å². The lowest BCUT2D eigenvalue weighted by atomic mass is 10.0. The molecule has 1 atom stereocenters. The lowest BCUT2D eigenvalue weighted by Crippen LogP contribution is -2.48. The van der Waals surface area contributed by atoms with Crippen LogP contribution in [0.2, 0.25) is 0 Å². The number of piperazine rings is 1. The minimum atomic E-state index is -0.0973. The monoisotopic (exact) mass is 392 g/mol. The highest BCUT2D eigenvalue weighted by atomic mass is 35.5. The summed E-state index contributed by atoms with van der Waals surface area (Å²) in [6, 6.07) is 11.0. The van der Waals surface area contributed by atoms with Crippen molar-refractivity contribution in [1.82, 2.24) is 30.0 Å². The SMILES string of the molecule is CCCC(c1nnnn1C(C)(C)C)N1CCN(Cc2ccccc2)CC1.Cl. The van der Waals surface area contributed by atoms with Crippen molar-refractivity contribution >= 4 is 12.4 Å². The van der Waals surface area contributed by atoms with Gasteiger partial charge in [0.1, 0.15) is 0 Å². The van der Waals surface area contributed by atoms with Crippen LogP contribution < -0.4 is 0 Å². The van der Waals surface area contributed by atoms with Crippen LogP contribution >= 0.6 is 12.4 Å². The van der Waals surface area contributed by atoms with Crippen molar-refractivity contribution < 1.29 is 0 Å². The average Bonchev–Trinajstić information content (AvgIpc) is 3.11. The molecule has 1 saturated heterocycles. The summed E-state index contributed by atoms with van der Waals surface area (Å²) in [6.45, 7) is 14.1. The molecule has 0 spiro atoms. The fourth-order valence-electron chi connectivity index (χ4n) is 3.70. The van der Waals surface area contributed by atoms with Crippen molar-refractivity contribution in [3.05, 3.63) is 41.7 Å². The van der Waals surface area contributed by atoms with Gasteiger partial charge in [0.15, 0.2) is 5.82 Å². The molecular formula is C20H33ClN6. The van der Waals surface area contributed by atoms with Crippen molar-refractivity contribution in [2.75, 3.05) is 26.2 Å². The Morgan fingerprint density at radius 2 is 1.70 bits per heavy atom. The summed E-state index contributed by atoms with van der Waals surface area (Å²) in [6.07, 6.45) is 2.22. The Morgan fingerprint density at radius 3 is 2.30 bits per heavy atom. The van der Waals surface area contributed by atoms with Gasteiger partial charge in [0.2, 0.25) is 0 Å². The second-order valence-electron chi connectivity index (χ2n) is 8.22. The summed E-state index contributed by atoms with van der Waals surface area (Å²) in [7, 11) is 0. The van der Waals surface area contributed by atoms with Crippen molar-refractivity contribution in [3.63, 3.8) is 0 Å². The van der Waals surface area contributed by atoms with Gasteiger partial charge in [-0.05, 0) is 43.2 Å². The molecule has 0 aliphatic carbocycles. The fourth-order valence-corrected chi connectivity index (χ4v) is 3.70. The Morgan fingerprint density at radius 1 is 1.04 bits per heavy atom. The molecule has 1 aromatic heterocycles. The van der Waals surface area contributed by atoms with Crippen LogP contribution in [0.15, 0.2) is 30.3 Å². The molecule has 0 radical (unpaired) electrons. The molecule has 7 heteroatoms. The number of aromatic nitrogens is 4. The molecule has 1 aromatic carbocycles. The van der Waals surface area contributed by atoms with E-state index in [1.807, 2.05) is 4.68 Å². The molecule has 0 bridgehead atoms. The maximum absolute atomic E-state index is 4.41. The maximum atomic E-state index is 4.41. The summed E-state index contributed by atoms with van der Waals surface area (Å²) < 4.78 is 2.00. The van der Waals surface area contributed by atoms with Gasteiger partial charge in [-0.15, -0.1) is 17.5 Å². The van der Waals surface area contributed by atoms with Crippen molar-refractivity contribution in [1.29, 1.82) is 0 Å². The highest BCUT2D eigenvalue weighted by Crippen LogP contribution is 2.28. The largest absolute Gasteiger partial charge is 0.297 e.